The molecule has 2 fully saturated rings. The molecule has 0 spiro atoms. The highest BCUT2D eigenvalue weighted by atomic mass is 16.5. The summed E-state index contributed by atoms with van der Waals surface area (Å²) in [5, 5.41) is 0. The third kappa shape index (κ3) is 6.61. The number of carbonyl (C=O) groups is 3. The van der Waals surface area contributed by atoms with E-state index >= 15 is 0 Å². The molecule has 2 atom stereocenters. The number of piperidine rings is 1. The van der Waals surface area contributed by atoms with Crippen LogP contribution in [0.5, 0.6) is 5.75 Å². The first-order chi connectivity index (χ1) is 17.0. The highest BCUT2D eigenvalue weighted by Gasteiger charge is 2.34. The minimum atomic E-state index is -0.244. The summed E-state index contributed by atoms with van der Waals surface area (Å²) in [7, 11) is 1.47. The molecule has 0 saturated carbocycles. The Kier molecular flexibility index (Phi) is 8.76. The number of para-hydroxylation sites is 1. The molecule has 2 saturated heterocycles. The molecule has 3 aliphatic rings. The van der Waals surface area contributed by atoms with Gasteiger partial charge in [0.2, 0.25) is 17.7 Å². The Morgan fingerprint density at radius 2 is 1.86 bits per heavy atom. The van der Waals surface area contributed by atoms with Crippen LogP contribution in [0.1, 0.15) is 18.4 Å². The summed E-state index contributed by atoms with van der Waals surface area (Å²) in [6, 6.07) is 7.56. The number of fused-ring (bicyclic) bond motifs is 3. The van der Waals surface area contributed by atoms with E-state index in [-0.39, 0.29) is 49.3 Å². The average molecular weight is 486 g/mol. The van der Waals surface area contributed by atoms with Crippen LogP contribution in [-0.2, 0) is 30.4 Å². The number of morpholine rings is 1. The second-order valence-corrected chi connectivity index (χ2v) is 9.28. The maximum absolute atomic E-state index is 13.3. The van der Waals surface area contributed by atoms with Gasteiger partial charge in [0.25, 0.3) is 0 Å². The maximum Gasteiger partial charge on any atom is 0.249 e. The fourth-order valence-corrected chi connectivity index (χ4v) is 4.95. The van der Waals surface area contributed by atoms with Crippen LogP contribution >= 0.6 is 0 Å². The standard InChI is InChI=1S/C26H35N3O6/c1-33-19-26(32)29-17-22-5-2-3-7-23(22)35-12-4-6-21-16-28(25(31)18-29)9-8-20(21)15-24(30)27-10-13-34-14-11-27/h2-7,20-21H,8-19H2,1H3/b6-4+/t20-,21-/m0/s1. The van der Waals surface area contributed by atoms with Crippen molar-refractivity contribution in [2.45, 2.75) is 19.4 Å². The molecule has 9 heteroatoms. The number of hydrogen-bond acceptors (Lipinski definition) is 6. The van der Waals surface area contributed by atoms with Gasteiger partial charge in [-0.05, 0) is 24.3 Å². The Balaban J connectivity index is 1.53. The van der Waals surface area contributed by atoms with E-state index in [1.54, 1.807) is 0 Å². The summed E-state index contributed by atoms with van der Waals surface area (Å²) in [6.07, 6.45) is 5.27. The Labute approximate surface area is 206 Å². The number of hydrogen-bond donors (Lipinski definition) is 0. The van der Waals surface area contributed by atoms with Gasteiger partial charge in [-0.25, -0.2) is 0 Å². The number of benzene rings is 1. The van der Waals surface area contributed by atoms with Crippen LogP contribution in [0, 0.1) is 11.8 Å². The van der Waals surface area contributed by atoms with Gasteiger partial charge in [0.1, 0.15) is 25.5 Å². The van der Waals surface area contributed by atoms with E-state index in [1.807, 2.05) is 40.1 Å². The number of carbonyl (C=O) groups excluding carboxylic acids is 3. The smallest absolute Gasteiger partial charge is 0.249 e. The lowest BCUT2D eigenvalue weighted by molar-refractivity contribution is -0.144. The first kappa shape index (κ1) is 25.2. The van der Waals surface area contributed by atoms with Crippen LogP contribution in [0.15, 0.2) is 36.4 Å². The molecule has 3 amide bonds. The van der Waals surface area contributed by atoms with Crippen LogP contribution in [0.25, 0.3) is 0 Å². The molecule has 0 aliphatic carbocycles. The van der Waals surface area contributed by atoms with E-state index in [0.29, 0.717) is 58.2 Å². The van der Waals surface area contributed by atoms with Crippen LogP contribution in [0.4, 0.5) is 0 Å². The normalized spacial score (nSPS) is 24.4. The fourth-order valence-electron chi connectivity index (χ4n) is 4.95. The molecule has 35 heavy (non-hydrogen) atoms. The monoisotopic (exact) mass is 485 g/mol. The van der Waals surface area contributed by atoms with Crippen molar-refractivity contribution < 1.29 is 28.6 Å². The first-order valence-corrected chi connectivity index (χ1v) is 12.3. The second-order valence-electron chi connectivity index (χ2n) is 9.28. The van der Waals surface area contributed by atoms with E-state index < -0.39 is 0 Å². The van der Waals surface area contributed by atoms with Gasteiger partial charge in [-0.2, -0.15) is 0 Å². The molecule has 0 unspecified atom stereocenters. The molecule has 0 N–H and O–H groups in total. The molecule has 4 rings (SSSR count). The predicted octanol–water partition coefficient (Wildman–Crippen LogP) is 1.32. The summed E-state index contributed by atoms with van der Waals surface area (Å²) in [5.41, 5.74) is 0.837. The molecule has 1 aromatic carbocycles. The molecule has 9 nitrogen and oxygen atoms in total. The SMILES string of the molecule is COCC(=O)N1CC(=O)N2CC[C@@H](CC(=O)N3CCOCC3)[C@@H](/C=C/COc3ccccc3C1)C2. The Morgan fingerprint density at radius 1 is 1.06 bits per heavy atom. The van der Waals surface area contributed by atoms with Gasteiger partial charge < -0.3 is 28.9 Å². The van der Waals surface area contributed by atoms with Crippen molar-refractivity contribution in [1.29, 1.82) is 0 Å². The average Bonchev–Trinajstić information content (AvgIpc) is 2.88. The number of nitrogens with zero attached hydrogens (tertiary/aromatic N) is 3. The van der Waals surface area contributed by atoms with Gasteiger partial charge in [-0.15, -0.1) is 0 Å². The van der Waals surface area contributed by atoms with E-state index in [0.717, 1.165) is 12.0 Å². The van der Waals surface area contributed by atoms with Gasteiger partial charge in [-0.3, -0.25) is 14.4 Å². The Bertz CT molecular complexity index is 929. The second kappa shape index (κ2) is 12.2. The predicted molar refractivity (Wildman–Crippen MR) is 129 cm³/mol. The third-order valence-corrected chi connectivity index (χ3v) is 6.96. The van der Waals surface area contributed by atoms with Crippen LogP contribution < -0.4 is 4.74 Å². The minimum absolute atomic E-state index is 0.0235. The van der Waals surface area contributed by atoms with Gasteiger partial charge in [0.05, 0.1) is 13.2 Å². The summed E-state index contributed by atoms with van der Waals surface area (Å²) in [4.78, 5) is 44.2. The number of rotatable bonds is 4. The summed E-state index contributed by atoms with van der Waals surface area (Å²) >= 11 is 0. The zero-order chi connectivity index (χ0) is 24.6. The minimum Gasteiger partial charge on any atom is -0.489 e. The van der Waals surface area contributed by atoms with Gasteiger partial charge in [0, 0.05) is 51.8 Å². The molecule has 0 radical (unpaired) electrons. The first-order valence-electron chi connectivity index (χ1n) is 12.3. The molecule has 1 aromatic rings. The highest BCUT2D eigenvalue weighted by Crippen LogP contribution is 2.29. The van der Waals surface area contributed by atoms with Crippen molar-refractivity contribution in [3.63, 3.8) is 0 Å². The van der Waals surface area contributed by atoms with E-state index in [1.165, 1.54) is 12.0 Å². The molecule has 3 aliphatic heterocycles. The van der Waals surface area contributed by atoms with Crippen molar-refractivity contribution in [1.82, 2.24) is 14.7 Å². The summed E-state index contributed by atoms with van der Waals surface area (Å²) < 4.78 is 16.4. The van der Waals surface area contributed by atoms with Crippen molar-refractivity contribution in [2.24, 2.45) is 11.8 Å². The molecule has 2 bridgehead atoms. The third-order valence-electron chi connectivity index (χ3n) is 6.96. The van der Waals surface area contributed by atoms with Crippen molar-refractivity contribution >= 4 is 17.7 Å². The zero-order valence-corrected chi connectivity index (χ0v) is 20.4. The Hall–Kier alpha value is -2.91. The van der Waals surface area contributed by atoms with Crippen molar-refractivity contribution in [2.75, 3.05) is 66.3 Å². The zero-order valence-electron chi connectivity index (χ0n) is 20.4. The number of amides is 3. The van der Waals surface area contributed by atoms with Crippen LogP contribution in [0.3, 0.4) is 0 Å². The number of ether oxygens (including phenoxy) is 3. The lowest BCUT2D eigenvalue weighted by Gasteiger charge is -2.39. The summed E-state index contributed by atoms with van der Waals surface area (Å²) in [5.74, 6) is 0.682. The maximum atomic E-state index is 13.3. The Morgan fingerprint density at radius 3 is 2.66 bits per heavy atom. The van der Waals surface area contributed by atoms with E-state index in [2.05, 4.69) is 6.08 Å². The van der Waals surface area contributed by atoms with Gasteiger partial charge >= 0.3 is 0 Å². The largest absolute Gasteiger partial charge is 0.489 e. The molecular formula is C26H35N3O6. The van der Waals surface area contributed by atoms with Crippen molar-refractivity contribution in [3.8, 4) is 5.75 Å². The van der Waals surface area contributed by atoms with Gasteiger partial charge in [0.15, 0.2) is 0 Å². The molecule has 190 valence electrons. The topological polar surface area (TPSA) is 88.6 Å². The van der Waals surface area contributed by atoms with Crippen molar-refractivity contribution in [3.05, 3.63) is 42.0 Å². The highest BCUT2D eigenvalue weighted by molar-refractivity contribution is 5.85. The lowest BCUT2D eigenvalue weighted by Crippen LogP contribution is -2.49. The fraction of sp³-hybridized carbons (Fsp3) is 0.577. The van der Waals surface area contributed by atoms with E-state index in [9.17, 15) is 14.4 Å². The quantitative estimate of drug-likeness (QED) is 0.598. The van der Waals surface area contributed by atoms with Crippen LogP contribution in [-0.4, -0.2) is 98.7 Å². The van der Waals surface area contributed by atoms with E-state index in [4.69, 9.17) is 14.2 Å². The molecule has 0 aromatic heterocycles. The van der Waals surface area contributed by atoms with Crippen LogP contribution in [0.2, 0.25) is 0 Å². The lowest BCUT2D eigenvalue weighted by atomic mass is 9.82. The summed E-state index contributed by atoms with van der Waals surface area (Å²) in [6.45, 7) is 4.05. The number of methoxy groups -OCH3 is 1. The molecule has 3 heterocycles. The molecular weight excluding hydrogens is 450 g/mol. The van der Waals surface area contributed by atoms with Gasteiger partial charge in [-0.1, -0.05) is 30.4 Å².